The fourth-order valence-corrected chi connectivity index (χ4v) is 1.80. The van der Waals surface area contributed by atoms with Gasteiger partial charge in [-0.2, -0.15) is 0 Å². The third-order valence-corrected chi connectivity index (χ3v) is 2.82. The van der Waals surface area contributed by atoms with Gasteiger partial charge in [0.05, 0.1) is 4.92 Å². The summed E-state index contributed by atoms with van der Waals surface area (Å²) in [5, 5.41) is 19.3. The minimum Gasteiger partial charge on any atom is -0.465 e. The molecule has 0 bridgehead atoms. The molecule has 0 aliphatic carbocycles. The fraction of sp³-hybridized carbons (Fsp3) is 0.400. The van der Waals surface area contributed by atoms with Crippen LogP contribution in [-0.4, -0.2) is 52.2 Å². The molecule has 8 heteroatoms. The lowest BCUT2D eigenvalue weighted by Crippen LogP contribution is -2.48. The first-order valence-corrected chi connectivity index (χ1v) is 5.41. The van der Waals surface area contributed by atoms with Crippen molar-refractivity contribution in [3.05, 3.63) is 28.4 Å². The van der Waals surface area contributed by atoms with E-state index in [1.807, 2.05) is 4.90 Å². The summed E-state index contributed by atoms with van der Waals surface area (Å²) in [7, 11) is 0. The predicted octanol–water partition coefficient (Wildman–Crippen LogP) is 0.790. The van der Waals surface area contributed by atoms with E-state index in [-0.39, 0.29) is 5.69 Å². The minimum absolute atomic E-state index is 0.0529. The molecule has 0 aromatic carbocycles. The first-order valence-electron chi connectivity index (χ1n) is 5.41. The molecule has 0 unspecified atom stereocenters. The van der Waals surface area contributed by atoms with Crippen molar-refractivity contribution >= 4 is 17.6 Å². The number of rotatable bonds is 2. The van der Waals surface area contributed by atoms with Gasteiger partial charge < -0.3 is 14.9 Å². The number of nitrogens with zero attached hydrogens (tertiary/aromatic N) is 4. The van der Waals surface area contributed by atoms with Crippen LogP contribution in [0.5, 0.6) is 0 Å². The van der Waals surface area contributed by atoms with E-state index in [0.717, 1.165) is 0 Å². The fourth-order valence-electron chi connectivity index (χ4n) is 1.80. The lowest BCUT2D eigenvalue weighted by molar-refractivity contribution is -0.385. The van der Waals surface area contributed by atoms with Gasteiger partial charge in [0.1, 0.15) is 12.0 Å². The van der Waals surface area contributed by atoms with Gasteiger partial charge in [0, 0.05) is 32.2 Å². The quantitative estimate of drug-likeness (QED) is 0.617. The van der Waals surface area contributed by atoms with Crippen LogP contribution in [0, 0.1) is 10.1 Å². The monoisotopic (exact) mass is 252 g/mol. The van der Waals surface area contributed by atoms with Crippen LogP contribution in [-0.2, 0) is 0 Å². The van der Waals surface area contributed by atoms with Crippen LogP contribution in [0.2, 0.25) is 0 Å². The van der Waals surface area contributed by atoms with Crippen molar-refractivity contribution in [3.63, 3.8) is 0 Å². The van der Waals surface area contributed by atoms with Gasteiger partial charge in [-0.1, -0.05) is 0 Å². The van der Waals surface area contributed by atoms with Gasteiger partial charge in [0.2, 0.25) is 0 Å². The van der Waals surface area contributed by atoms with Crippen molar-refractivity contribution in [2.45, 2.75) is 0 Å². The largest absolute Gasteiger partial charge is 0.465 e. The van der Waals surface area contributed by atoms with E-state index < -0.39 is 11.0 Å². The van der Waals surface area contributed by atoms with Crippen LogP contribution in [0.4, 0.5) is 16.3 Å². The first kappa shape index (κ1) is 12.1. The number of piperazine rings is 1. The van der Waals surface area contributed by atoms with Crippen LogP contribution in [0.25, 0.3) is 0 Å². The van der Waals surface area contributed by atoms with E-state index in [1.165, 1.54) is 17.2 Å². The molecule has 8 nitrogen and oxygen atoms in total. The van der Waals surface area contributed by atoms with E-state index in [0.29, 0.717) is 32.0 Å². The molecule has 0 spiro atoms. The number of amides is 1. The Labute approximate surface area is 103 Å². The van der Waals surface area contributed by atoms with Crippen LogP contribution < -0.4 is 4.90 Å². The van der Waals surface area contributed by atoms with Gasteiger partial charge >= 0.3 is 6.09 Å². The molecule has 2 rings (SSSR count). The molecule has 1 aromatic rings. The minimum atomic E-state index is -0.925. The Hall–Kier alpha value is -2.38. The maximum absolute atomic E-state index is 10.7. The number of hydrogen-bond acceptors (Lipinski definition) is 5. The number of aromatic nitrogens is 1. The molecule has 0 atom stereocenters. The van der Waals surface area contributed by atoms with Crippen molar-refractivity contribution in [1.82, 2.24) is 9.88 Å². The number of anilines is 1. The highest BCUT2D eigenvalue weighted by Crippen LogP contribution is 2.17. The Bertz CT molecular complexity index is 453. The zero-order valence-corrected chi connectivity index (χ0v) is 9.52. The molecule has 1 aliphatic rings. The Morgan fingerprint density at radius 2 is 2.00 bits per heavy atom. The summed E-state index contributed by atoms with van der Waals surface area (Å²) in [4.78, 5) is 28.0. The first-order chi connectivity index (χ1) is 8.58. The molecule has 1 fully saturated rings. The Morgan fingerprint density at radius 3 is 2.44 bits per heavy atom. The van der Waals surface area contributed by atoms with Crippen LogP contribution >= 0.6 is 0 Å². The summed E-state index contributed by atoms with van der Waals surface area (Å²) in [5.74, 6) is 0.630. The molecular weight excluding hydrogens is 240 g/mol. The summed E-state index contributed by atoms with van der Waals surface area (Å²) in [6.07, 6.45) is 0.283. The number of pyridine rings is 1. The lowest BCUT2D eigenvalue weighted by Gasteiger charge is -2.33. The second kappa shape index (κ2) is 4.86. The average molecular weight is 252 g/mol. The summed E-state index contributed by atoms with van der Waals surface area (Å²) >= 11 is 0. The molecule has 18 heavy (non-hydrogen) atoms. The number of carbonyl (C=O) groups is 1. The van der Waals surface area contributed by atoms with Crippen molar-refractivity contribution in [3.8, 4) is 0 Å². The number of carboxylic acid groups (broad SMARTS) is 1. The van der Waals surface area contributed by atoms with Crippen molar-refractivity contribution < 1.29 is 14.8 Å². The third-order valence-electron chi connectivity index (χ3n) is 2.82. The van der Waals surface area contributed by atoms with E-state index >= 15 is 0 Å². The molecule has 96 valence electrons. The van der Waals surface area contributed by atoms with Crippen molar-refractivity contribution in [2.24, 2.45) is 0 Å². The van der Waals surface area contributed by atoms with Crippen LogP contribution in [0.15, 0.2) is 18.3 Å². The second-order valence-corrected chi connectivity index (χ2v) is 3.89. The van der Waals surface area contributed by atoms with Gasteiger partial charge in [0.25, 0.3) is 5.69 Å². The lowest BCUT2D eigenvalue weighted by atomic mass is 10.3. The maximum Gasteiger partial charge on any atom is 0.407 e. The van der Waals surface area contributed by atoms with Crippen molar-refractivity contribution in [2.75, 3.05) is 31.1 Å². The summed E-state index contributed by atoms with van der Waals surface area (Å²) in [6, 6.07) is 2.97. The highest BCUT2D eigenvalue weighted by Gasteiger charge is 2.21. The number of hydrogen-bond donors (Lipinski definition) is 1. The maximum atomic E-state index is 10.7. The van der Waals surface area contributed by atoms with E-state index in [1.54, 1.807) is 6.07 Å². The van der Waals surface area contributed by atoms with Gasteiger partial charge in [-0.05, 0) is 6.07 Å². The molecule has 2 heterocycles. The van der Waals surface area contributed by atoms with E-state index in [9.17, 15) is 14.9 Å². The molecule has 1 aliphatic heterocycles. The topological polar surface area (TPSA) is 99.8 Å². The van der Waals surface area contributed by atoms with Crippen molar-refractivity contribution in [1.29, 1.82) is 0 Å². The van der Waals surface area contributed by atoms with Gasteiger partial charge in [-0.15, -0.1) is 0 Å². The second-order valence-electron chi connectivity index (χ2n) is 3.89. The summed E-state index contributed by atoms with van der Waals surface area (Å²) < 4.78 is 0. The summed E-state index contributed by atoms with van der Waals surface area (Å²) in [5.41, 5.74) is -0.0529. The normalized spacial score (nSPS) is 15.6. The Kier molecular flexibility index (Phi) is 3.26. The Morgan fingerprint density at radius 1 is 1.33 bits per heavy atom. The van der Waals surface area contributed by atoms with Crippen LogP contribution in [0.1, 0.15) is 0 Å². The zero-order valence-electron chi connectivity index (χ0n) is 9.52. The van der Waals surface area contributed by atoms with E-state index in [4.69, 9.17) is 5.11 Å². The molecule has 1 N–H and O–H groups in total. The third kappa shape index (κ3) is 2.47. The van der Waals surface area contributed by atoms with Gasteiger partial charge in [0.15, 0.2) is 0 Å². The van der Waals surface area contributed by atoms with Gasteiger partial charge in [-0.25, -0.2) is 9.78 Å². The molecule has 1 aromatic heterocycles. The Balaban J connectivity index is 2.01. The van der Waals surface area contributed by atoms with E-state index in [2.05, 4.69) is 4.98 Å². The number of nitro groups is 1. The predicted molar refractivity (Wildman–Crippen MR) is 62.7 cm³/mol. The molecule has 1 amide bonds. The average Bonchev–Trinajstić information content (AvgIpc) is 2.39. The molecule has 1 saturated heterocycles. The van der Waals surface area contributed by atoms with Gasteiger partial charge in [-0.3, -0.25) is 10.1 Å². The SMILES string of the molecule is O=C(O)N1CCN(c2ccc([N+](=O)[O-])cn2)CC1. The standard InChI is InChI=1S/C10H12N4O4/c15-10(16)13-5-3-12(4-6-13)9-2-1-8(7-11-9)14(17)18/h1-2,7H,3-6H2,(H,15,16). The molecule has 0 saturated carbocycles. The molecule has 0 radical (unpaired) electrons. The highest BCUT2D eigenvalue weighted by atomic mass is 16.6. The van der Waals surface area contributed by atoms with Crippen LogP contribution in [0.3, 0.4) is 0 Å². The smallest absolute Gasteiger partial charge is 0.407 e. The zero-order chi connectivity index (χ0) is 13.1. The summed E-state index contributed by atoms with van der Waals surface area (Å²) in [6.45, 7) is 1.90. The highest BCUT2D eigenvalue weighted by molar-refractivity contribution is 5.65. The molecular formula is C10H12N4O4.